The van der Waals surface area contributed by atoms with Crippen LogP contribution in [0.5, 0.6) is 0 Å². The lowest BCUT2D eigenvalue weighted by Gasteiger charge is -2.23. The first kappa shape index (κ1) is 27.4. The summed E-state index contributed by atoms with van der Waals surface area (Å²) in [5.74, 6) is 0. The van der Waals surface area contributed by atoms with Crippen LogP contribution in [0, 0.1) is 13.8 Å². The third kappa shape index (κ3) is 4.85. The average molecular weight is 561 g/mol. The van der Waals surface area contributed by atoms with Crippen LogP contribution in [0.1, 0.15) is 36.4 Å². The molecule has 0 bridgehead atoms. The van der Waals surface area contributed by atoms with Gasteiger partial charge in [-0.05, 0) is 13.8 Å². The van der Waals surface area contributed by atoms with E-state index in [-0.39, 0.29) is 36.3 Å². The molecule has 16 heteroatoms. The first-order valence-corrected chi connectivity index (χ1v) is 12.6. The molecular weight excluding hydrogens is 532 g/mol. The van der Waals surface area contributed by atoms with Crippen molar-refractivity contribution < 1.29 is 19.7 Å². The van der Waals surface area contributed by atoms with Crippen molar-refractivity contribution in [1.29, 1.82) is 0 Å². The number of nitrogens with zero attached hydrogens (tertiary/aromatic N) is 2. The van der Waals surface area contributed by atoms with Crippen LogP contribution in [0.3, 0.4) is 0 Å². The fourth-order valence-corrected chi connectivity index (χ4v) is 4.98. The van der Waals surface area contributed by atoms with Crippen molar-refractivity contribution in [3.05, 3.63) is 85.6 Å². The minimum Gasteiger partial charge on any atom is -0.394 e. The van der Waals surface area contributed by atoms with E-state index in [1.165, 1.54) is 35.4 Å². The van der Waals surface area contributed by atoms with Gasteiger partial charge in [-0.1, -0.05) is 0 Å². The minimum atomic E-state index is -1.01. The molecule has 0 saturated carbocycles. The Labute approximate surface area is 223 Å². The number of H-pyrrole nitrogens is 2. The first-order valence-electron chi connectivity index (χ1n) is 12.6. The van der Waals surface area contributed by atoms with Gasteiger partial charge in [-0.2, -0.15) is 0 Å². The van der Waals surface area contributed by atoms with E-state index >= 15 is 0 Å². The molecular formula is C24H28N6O10. The molecule has 6 N–H and O–H groups in total. The zero-order chi connectivity index (χ0) is 28.9. The lowest BCUT2D eigenvalue weighted by Crippen LogP contribution is -2.43. The summed E-state index contributed by atoms with van der Waals surface area (Å²) in [6.07, 6.45) is -1.53. The van der Waals surface area contributed by atoms with Gasteiger partial charge in [-0.25, -0.2) is 9.59 Å². The normalized spacial score (nSPS) is 26.4. The lowest BCUT2D eigenvalue weighted by molar-refractivity contribution is -0.0262. The maximum atomic E-state index is 12.4. The largest absolute Gasteiger partial charge is 0.394 e. The van der Waals surface area contributed by atoms with Crippen molar-refractivity contribution in [2.24, 2.45) is 0 Å². The van der Waals surface area contributed by atoms with Gasteiger partial charge in [0.2, 0.25) is 0 Å². The Kier molecular flexibility index (Phi) is 7.17. The Morgan fingerprint density at radius 2 is 1.38 bits per heavy atom. The number of rotatable bonds is 8. The lowest BCUT2D eigenvalue weighted by atomic mass is 10.1. The third-order valence-corrected chi connectivity index (χ3v) is 7.25. The summed E-state index contributed by atoms with van der Waals surface area (Å²) in [5, 5.41) is 26.1. The Balaban J connectivity index is 1.27. The van der Waals surface area contributed by atoms with Crippen LogP contribution in [0.25, 0.3) is 0 Å². The molecule has 4 heterocycles. The average Bonchev–Trinajstić information content (AvgIpc) is 3.50. The molecule has 0 amide bonds. The summed E-state index contributed by atoms with van der Waals surface area (Å²) in [7, 11) is 0. The van der Waals surface area contributed by atoms with Crippen LogP contribution in [-0.2, 0) is 9.47 Å². The highest BCUT2D eigenvalue weighted by Crippen LogP contribution is 2.32. The number of ether oxygens (including phenoxy) is 2. The molecule has 6 atom stereocenters. The predicted molar refractivity (Wildman–Crippen MR) is 140 cm³/mol. The fourth-order valence-electron chi connectivity index (χ4n) is 4.98. The molecule has 2 fully saturated rings. The molecule has 2 aromatic heterocycles. The number of nitrogens with one attached hydrogen (secondary N) is 4. The van der Waals surface area contributed by atoms with Crippen molar-refractivity contribution in [2.45, 2.75) is 63.5 Å². The number of hydrogen-bond acceptors (Lipinski definition) is 12. The van der Waals surface area contributed by atoms with E-state index in [0.29, 0.717) is 5.56 Å². The van der Waals surface area contributed by atoms with E-state index in [1.807, 2.05) is 0 Å². The van der Waals surface area contributed by atoms with E-state index in [4.69, 9.17) is 9.47 Å². The SMILES string of the molecule is Cc1cn([C@H]2CC(O)[C@@H](CNc3c(NC4C[C@H](n5cc(C)c(=O)[nH]c5=O)O[C@@H]4CO)c(=O)c3=O)O2)c(=O)[nH]c1=O. The Morgan fingerprint density at radius 1 is 0.850 bits per heavy atom. The van der Waals surface area contributed by atoms with Crippen LogP contribution >= 0.6 is 0 Å². The maximum absolute atomic E-state index is 12.4. The van der Waals surface area contributed by atoms with Gasteiger partial charge in [0.05, 0.1) is 18.8 Å². The molecule has 0 aliphatic carbocycles. The summed E-state index contributed by atoms with van der Waals surface area (Å²) < 4.78 is 13.9. The van der Waals surface area contributed by atoms with Gasteiger partial charge >= 0.3 is 11.4 Å². The molecule has 16 nitrogen and oxygen atoms in total. The van der Waals surface area contributed by atoms with Gasteiger partial charge in [0.1, 0.15) is 36.0 Å². The number of aliphatic hydroxyl groups is 2. The summed E-state index contributed by atoms with van der Waals surface area (Å²) in [6.45, 7) is 2.53. The fraction of sp³-hybridized carbons (Fsp3) is 0.500. The van der Waals surface area contributed by atoms with Crippen molar-refractivity contribution in [3.63, 3.8) is 0 Å². The highest BCUT2D eigenvalue weighted by Gasteiger charge is 2.39. The first-order chi connectivity index (χ1) is 19.0. The number of hydrogen-bond donors (Lipinski definition) is 6. The standard InChI is InChI=1S/C24H28N6O10/c1-9-6-29(23(37)27-21(9)35)15-3-11(14(8-31)40-15)26-18-17(19(33)20(18)34)25-5-13-12(32)4-16(39-13)30-7-10(2)22(36)28-24(30)38/h6-7,11-16,25-26,31-32H,3-5,8H2,1-2H3,(H,27,35,37)(H,28,36,38)/t11?,12?,13-,14-,15-,16-/m1/s1. The van der Waals surface area contributed by atoms with Gasteiger partial charge in [0.15, 0.2) is 0 Å². The molecule has 2 aliphatic rings. The molecule has 2 unspecified atom stereocenters. The molecule has 0 spiro atoms. The highest BCUT2D eigenvalue weighted by molar-refractivity contribution is 5.74. The van der Waals surface area contributed by atoms with Crippen molar-refractivity contribution in [2.75, 3.05) is 23.8 Å². The maximum Gasteiger partial charge on any atom is 0.330 e. The summed E-state index contributed by atoms with van der Waals surface area (Å²) in [6, 6.07) is -0.661. The highest BCUT2D eigenvalue weighted by atomic mass is 16.5. The quantitative estimate of drug-likeness (QED) is 0.153. The van der Waals surface area contributed by atoms with Crippen molar-refractivity contribution in [3.8, 4) is 0 Å². The molecule has 2 aliphatic heterocycles. The summed E-state index contributed by atoms with van der Waals surface area (Å²) >= 11 is 0. The molecule has 2 saturated heterocycles. The third-order valence-electron chi connectivity index (χ3n) is 7.25. The molecule has 3 aromatic rings. The van der Waals surface area contributed by atoms with Crippen LogP contribution in [0.4, 0.5) is 11.4 Å². The molecule has 1 aromatic carbocycles. The van der Waals surface area contributed by atoms with Crippen molar-refractivity contribution >= 4 is 11.4 Å². The molecule has 214 valence electrons. The van der Waals surface area contributed by atoms with Crippen LogP contribution in [-0.4, -0.2) is 66.8 Å². The Hall–Kier alpha value is -4.12. The Morgan fingerprint density at radius 3 is 1.95 bits per heavy atom. The van der Waals surface area contributed by atoms with Crippen LogP contribution < -0.4 is 44.0 Å². The monoisotopic (exact) mass is 560 g/mol. The van der Waals surface area contributed by atoms with E-state index in [9.17, 15) is 39.0 Å². The predicted octanol–water partition coefficient (Wildman–Crippen LogP) is -2.88. The smallest absolute Gasteiger partial charge is 0.330 e. The van der Waals surface area contributed by atoms with Crippen LogP contribution in [0.2, 0.25) is 0 Å². The number of aromatic amines is 2. The van der Waals surface area contributed by atoms with Gasteiger partial charge in [0, 0.05) is 42.9 Å². The number of aromatic nitrogens is 4. The molecule has 40 heavy (non-hydrogen) atoms. The zero-order valence-corrected chi connectivity index (χ0v) is 21.5. The number of aryl methyl sites for hydroxylation is 2. The van der Waals surface area contributed by atoms with E-state index < -0.39 is 76.8 Å². The van der Waals surface area contributed by atoms with Crippen molar-refractivity contribution in [1.82, 2.24) is 19.1 Å². The van der Waals surface area contributed by atoms with Gasteiger partial charge in [-0.15, -0.1) is 0 Å². The Bertz CT molecular complexity index is 1740. The summed E-state index contributed by atoms with van der Waals surface area (Å²) in [4.78, 5) is 76.9. The number of anilines is 2. The van der Waals surface area contributed by atoms with E-state index in [2.05, 4.69) is 20.6 Å². The second kappa shape index (κ2) is 10.5. The van der Waals surface area contributed by atoms with E-state index in [1.54, 1.807) is 0 Å². The minimum absolute atomic E-state index is 0.0424. The zero-order valence-electron chi connectivity index (χ0n) is 21.5. The topological polar surface area (TPSA) is 227 Å². The van der Waals surface area contributed by atoms with E-state index in [0.717, 1.165) is 0 Å². The molecule has 5 rings (SSSR count). The van der Waals surface area contributed by atoms with Crippen LogP contribution in [0.15, 0.2) is 41.2 Å². The second-order valence-corrected chi connectivity index (χ2v) is 9.98. The van der Waals surface area contributed by atoms with Gasteiger partial charge < -0.3 is 30.3 Å². The van der Waals surface area contributed by atoms with Gasteiger partial charge in [0.25, 0.3) is 22.0 Å². The second-order valence-electron chi connectivity index (χ2n) is 9.98. The summed E-state index contributed by atoms with van der Waals surface area (Å²) in [5.41, 5.74) is -3.53. The number of aliphatic hydroxyl groups excluding tert-OH is 2. The van der Waals surface area contributed by atoms with Gasteiger partial charge in [-0.3, -0.25) is 38.3 Å². The molecule has 0 radical (unpaired) electrons.